The van der Waals surface area contributed by atoms with Gasteiger partial charge in [-0.25, -0.2) is 18.2 Å². The lowest BCUT2D eigenvalue weighted by Crippen LogP contribution is -2.36. The van der Waals surface area contributed by atoms with Gasteiger partial charge in [-0.05, 0) is 32.7 Å². The standard InChI is InChI=1S/C20H24F3N4OP/c1-5-15(12-7-6-8-13(18(12)21)19(22)23)27-20-14-9-17(29(3,4)28)24-10-16(14)25-11(2)26-20/h6-11,15,19,25H,5H2,1-4H3,(H,26,27)/t11?,15-/m1/s1. The van der Waals surface area contributed by atoms with Crippen LogP contribution in [-0.2, 0) is 4.57 Å². The Hall–Kier alpha value is -2.34. The second-order valence-electron chi connectivity index (χ2n) is 7.39. The predicted octanol–water partition coefficient (Wildman–Crippen LogP) is 4.67. The molecule has 5 nitrogen and oxygen atoms in total. The number of amidine groups is 1. The van der Waals surface area contributed by atoms with Gasteiger partial charge in [0.1, 0.15) is 30.4 Å². The molecule has 0 bridgehead atoms. The third-order valence-corrected chi connectivity index (χ3v) is 6.12. The minimum Gasteiger partial charge on any atom is -0.363 e. The number of benzene rings is 1. The molecule has 0 fully saturated rings. The van der Waals surface area contributed by atoms with E-state index in [1.54, 1.807) is 25.6 Å². The number of halogens is 3. The molecule has 0 amide bonds. The van der Waals surface area contributed by atoms with Gasteiger partial charge in [-0.1, -0.05) is 25.1 Å². The van der Waals surface area contributed by atoms with Crippen LogP contribution in [0.25, 0.3) is 0 Å². The molecule has 3 rings (SSSR count). The van der Waals surface area contributed by atoms with Crippen LogP contribution in [0, 0.1) is 5.82 Å². The Morgan fingerprint density at radius 2 is 1.97 bits per heavy atom. The highest BCUT2D eigenvalue weighted by Gasteiger charge is 2.26. The molecule has 2 N–H and O–H groups in total. The van der Waals surface area contributed by atoms with E-state index in [4.69, 9.17) is 0 Å². The molecule has 29 heavy (non-hydrogen) atoms. The average molecular weight is 424 g/mol. The maximum Gasteiger partial charge on any atom is 0.266 e. The van der Waals surface area contributed by atoms with Gasteiger partial charge in [0.05, 0.1) is 23.5 Å². The van der Waals surface area contributed by atoms with E-state index in [1.807, 2.05) is 13.8 Å². The van der Waals surface area contributed by atoms with Gasteiger partial charge in [0.2, 0.25) is 0 Å². The van der Waals surface area contributed by atoms with Crippen LogP contribution in [0.15, 0.2) is 35.5 Å². The minimum atomic E-state index is -2.89. The quantitative estimate of drug-likeness (QED) is 0.685. The molecule has 1 aliphatic heterocycles. The van der Waals surface area contributed by atoms with Crippen molar-refractivity contribution in [1.82, 2.24) is 10.3 Å². The van der Waals surface area contributed by atoms with Crippen LogP contribution >= 0.6 is 7.14 Å². The molecular formula is C20H24F3N4OP. The van der Waals surface area contributed by atoms with Crippen molar-refractivity contribution < 1.29 is 17.7 Å². The van der Waals surface area contributed by atoms with Crippen LogP contribution in [0.1, 0.15) is 49.4 Å². The highest BCUT2D eigenvalue weighted by atomic mass is 31.2. The Balaban J connectivity index is 2.01. The molecule has 2 heterocycles. The number of aliphatic imine (C=N–C) groups is 1. The lowest BCUT2D eigenvalue weighted by Gasteiger charge is -2.28. The van der Waals surface area contributed by atoms with E-state index in [-0.39, 0.29) is 11.7 Å². The number of pyridine rings is 1. The Labute approximate surface area is 168 Å². The normalized spacial score (nSPS) is 17.4. The smallest absolute Gasteiger partial charge is 0.266 e. The highest BCUT2D eigenvalue weighted by Crippen LogP contribution is 2.35. The number of alkyl halides is 2. The van der Waals surface area contributed by atoms with Gasteiger partial charge in [0, 0.05) is 11.1 Å². The van der Waals surface area contributed by atoms with E-state index in [1.165, 1.54) is 12.1 Å². The largest absolute Gasteiger partial charge is 0.363 e. The molecular weight excluding hydrogens is 400 g/mol. The van der Waals surface area contributed by atoms with Gasteiger partial charge >= 0.3 is 0 Å². The van der Waals surface area contributed by atoms with Gasteiger partial charge < -0.3 is 15.2 Å². The highest BCUT2D eigenvalue weighted by molar-refractivity contribution is 7.69. The van der Waals surface area contributed by atoms with Crippen molar-refractivity contribution >= 4 is 24.1 Å². The number of hydrogen-bond donors (Lipinski definition) is 2. The van der Waals surface area contributed by atoms with Crippen LogP contribution in [0.2, 0.25) is 0 Å². The van der Waals surface area contributed by atoms with E-state index in [0.717, 1.165) is 6.07 Å². The molecule has 1 aromatic heterocycles. The van der Waals surface area contributed by atoms with Crippen molar-refractivity contribution in [2.24, 2.45) is 4.99 Å². The van der Waals surface area contributed by atoms with Crippen LogP contribution in [0.3, 0.4) is 0 Å². The summed E-state index contributed by atoms with van der Waals surface area (Å²) in [5.74, 6) is -0.427. The zero-order valence-electron chi connectivity index (χ0n) is 16.7. The van der Waals surface area contributed by atoms with Gasteiger partial charge in [-0.2, -0.15) is 0 Å². The lowest BCUT2D eigenvalue weighted by atomic mass is 10.00. The van der Waals surface area contributed by atoms with Gasteiger partial charge in [-0.15, -0.1) is 0 Å². The molecule has 9 heteroatoms. The van der Waals surface area contributed by atoms with Crippen molar-refractivity contribution in [2.45, 2.75) is 38.9 Å². The Morgan fingerprint density at radius 3 is 2.59 bits per heavy atom. The summed E-state index contributed by atoms with van der Waals surface area (Å²) in [5.41, 5.74) is 1.38. The molecule has 0 spiro atoms. The first-order valence-electron chi connectivity index (χ1n) is 9.35. The SMILES string of the molecule is CC[C@@H](NC1=NC(C)Nc2cnc(P(C)(C)=O)cc21)c1cccc(C(F)F)c1F. The Bertz CT molecular complexity index is 990. The zero-order chi connectivity index (χ0) is 21.3. The summed E-state index contributed by atoms with van der Waals surface area (Å²) in [5, 5.41) is 6.38. The lowest BCUT2D eigenvalue weighted by molar-refractivity contribution is 0.146. The number of fused-ring (bicyclic) bond motifs is 1. The number of hydrogen-bond acceptors (Lipinski definition) is 5. The maximum absolute atomic E-state index is 14.7. The minimum absolute atomic E-state index is 0.159. The van der Waals surface area contributed by atoms with Gasteiger partial charge in [0.15, 0.2) is 0 Å². The summed E-state index contributed by atoms with van der Waals surface area (Å²) in [6.45, 7) is 6.94. The molecule has 1 aromatic carbocycles. The molecule has 2 atom stereocenters. The third-order valence-electron chi connectivity index (χ3n) is 4.77. The van der Waals surface area contributed by atoms with E-state index < -0.39 is 31.0 Å². The first-order chi connectivity index (χ1) is 13.6. The second-order valence-corrected chi connectivity index (χ2v) is 10.6. The summed E-state index contributed by atoms with van der Waals surface area (Å²) in [7, 11) is -2.60. The molecule has 0 saturated heterocycles. The van der Waals surface area contributed by atoms with Gasteiger partial charge in [-0.3, -0.25) is 4.98 Å². The van der Waals surface area contributed by atoms with Crippen LogP contribution in [0.5, 0.6) is 0 Å². The fourth-order valence-electron chi connectivity index (χ4n) is 3.26. The summed E-state index contributed by atoms with van der Waals surface area (Å²) in [6, 6.07) is 5.17. The Morgan fingerprint density at radius 1 is 1.28 bits per heavy atom. The van der Waals surface area contributed by atoms with Crippen LogP contribution in [0.4, 0.5) is 18.9 Å². The molecule has 0 saturated carbocycles. The fourth-order valence-corrected chi connectivity index (χ4v) is 4.03. The number of anilines is 1. The number of rotatable bonds is 5. The van der Waals surface area contributed by atoms with Crippen LogP contribution in [-0.4, -0.2) is 30.3 Å². The molecule has 0 aliphatic carbocycles. The van der Waals surface area contributed by atoms with E-state index in [9.17, 15) is 17.7 Å². The third kappa shape index (κ3) is 4.47. The molecule has 2 aromatic rings. The van der Waals surface area contributed by atoms with Gasteiger partial charge in [0.25, 0.3) is 6.43 Å². The second kappa shape index (κ2) is 8.19. The van der Waals surface area contributed by atoms with Crippen LogP contribution < -0.4 is 16.1 Å². The molecule has 1 unspecified atom stereocenters. The van der Waals surface area contributed by atoms with E-state index in [0.29, 0.717) is 28.9 Å². The summed E-state index contributed by atoms with van der Waals surface area (Å²) >= 11 is 0. The van der Waals surface area contributed by atoms with Crippen molar-refractivity contribution in [2.75, 3.05) is 18.6 Å². The van der Waals surface area contributed by atoms with E-state index in [2.05, 4.69) is 20.6 Å². The maximum atomic E-state index is 14.7. The summed E-state index contributed by atoms with van der Waals surface area (Å²) < 4.78 is 53.4. The monoisotopic (exact) mass is 424 g/mol. The topological polar surface area (TPSA) is 66.4 Å². The Kier molecular flexibility index (Phi) is 6.03. The number of aromatic nitrogens is 1. The van der Waals surface area contributed by atoms with E-state index >= 15 is 0 Å². The molecule has 156 valence electrons. The first kappa shape index (κ1) is 21.4. The molecule has 0 radical (unpaired) electrons. The number of nitrogens with one attached hydrogen (secondary N) is 2. The first-order valence-corrected chi connectivity index (χ1v) is 11.9. The van der Waals surface area contributed by atoms with Crippen molar-refractivity contribution in [1.29, 1.82) is 0 Å². The fraction of sp³-hybridized carbons (Fsp3) is 0.400. The van der Waals surface area contributed by atoms with Crippen molar-refractivity contribution in [3.8, 4) is 0 Å². The predicted molar refractivity (Wildman–Crippen MR) is 110 cm³/mol. The summed E-state index contributed by atoms with van der Waals surface area (Å²) in [6.07, 6.45) is -1.09. The number of nitrogens with zero attached hydrogens (tertiary/aromatic N) is 2. The zero-order valence-corrected chi connectivity index (χ0v) is 17.6. The van der Waals surface area contributed by atoms with Crippen molar-refractivity contribution in [3.63, 3.8) is 0 Å². The average Bonchev–Trinajstić information content (AvgIpc) is 2.65. The summed E-state index contributed by atoms with van der Waals surface area (Å²) in [4.78, 5) is 8.84. The molecule has 1 aliphatic rings. The van der Waals surface area contributed by atoms with Crippen molar-refractivity contribution in [3.05, 3.63) is 53.0 Å².